The number of aromatic nitrogens is 2. The second-order valence-electron chi connectivity index (χ2n) is 5.09. The van der Waals surface area contributed by atoms with E-state index < -0.39 is 5.60 Å². The van der Waals surface area contributed by atoms with E-state index in [1.165, 1.54) is 5.56 Å². The zero-order valence-electron chi connectivity index (χ0n) is 11.5. The minimum atomic E-state index is -0.628. The second kappa shape index (κ2) is 5.99. The summed E-state index contributed by atoms with van der Waals surface area (Å²) in [7, 11) is 0. The monoisotopic (exact) mass is 259 g/mol. The maximum Gasteiger partial charge on any atom is 0.0991 e. The van der Waals surface area contributed by atoms with Gasteiger partial charge < -0.3 is 15.0 Å². The summed E-state index contributed by atoms with van der Waals surface area (Å²) in [5.74, 6) is 0. The van der Waals surface area contributed by atoms with E-state index in [0.717, 1.165) is 18.7 Å². The minimum absolute atomic E-state index is 0.604. The van der Waals surface area contributed by atoms with Gasteiger partial charge in [-0.25, -0.2) is 4.98 Å². The second-order valence-corrected chi connectivity index (χ2v) is 5.09. The van der Waals surface area contributed by atoms with Crippen LogP contribution in [-0.2, 0) is 6.54 Å². The number of hydrogen-bond acceptors (Lipinski definition) is 3. The molecule has 102 valence electrons. The first-order chi connectivity index (χ1) is 9.11. The fourth-order valence-corrected chi connectivity index (χ4v) is 1.80. The molecule has 1 aromatic heterocycles. The van der Waals surface area contributed by atoms with Crippen LogP contribution in [0.4, 0.5) is 0 Å². The van der Waals surface area contributed by atoms with Crippen LogP contribution in [0.1, 0.15) is 25.8 Å². The highest BCUT2D eigenvalue weighted by Crippen LogP contribution is 2.10. The van der Waals surface area contributed by atoms with Crippen molar-refractivity contribution in [3.8, 4) is 5.69 Å². The van der Waals surface area contributed by atoms with Gasteiger partial charge in [0, 0.05) is 31.2 Å². The molecule has 2 rings (SSSR count). The summed E-state index contributed by atoms with van der Waals surface area (Å²) in [4.78, 5) is 4.03. The van der Waals surface area contributed by atoms with Crippen LogP contribution in [0.15, 0.2) is 43.0 Å². The molecule has 1 atom stereocenters. The van der Waals surface area contributed by atoms with Gasteiger partial charge in [-0.3, -0.25) is 0 Å². The molecule has 0 radical (unpaired) electrons. The molecule has 0 aliphatic carbocycles. The van der Waals surface area contributed by atoms with Gasteiger partial charge in [-0.2, -0.15) is 0 Å². The highest BCUT2D eigenvalue weighted by molar-refractivity contribution is 5.34. The maximum atomic E-state index is 9.90. The summed E-state index contributed by atoms with van der Waals surface area (Å²) < 4.78 is 1.97. The van der Waals surface area contributed by atoms with E-state index >= 15 is 0 Å². The number of rotatable bonds is 6. The van der Waals surface area contributed by atoms with Crippen LogP contribution in [-0.4, -0.2) is 26.8 Å². The Balaban J connectivity index is 1.89. The average Bonchev–Trinajstić information content (AvgIpc) is 2.93. The van der Waals surface area contributed by atoms with Crippen LogP contribution in [0.25, 0.3) is 5.69 Å². The maximum absolute atomic E-state index is 9.90. The predicted octanol–water partition coefficient (Wildman–Crippen LogP) is 2.12. The van der Waals surface area contributed by atoms with Crippen molar-refractivity contribution < 1.29 is 5.11 Å². The summed E-state index contributed by atoms with van der Waals surface area (Å²) in [5.41, 5.74) is 1.68. The molecule has 1 aromatic carbocycles. The number of aliphatic hydroxyl groups is 1. The number of nitrogens with zero attached hydrogens (tertiary/aromatic N) is 2. The summed E-state index contributed by atoms with van der Waals surface area (Å²) >= 11 is 0. The SMILES string of the molecule is CCC(C)(O)CNCc1ccc(-n2ccnc2)cc1. The van der Waals surface area contributed by atoms with Crippen LogP contribution >= 0.6 is 0 Å². The molecule has 0 spiro atoms. The van der Waals surface area contributed by atoms with Crippen molar-refractivity contribution in [2.45, 2.75) is 32.4 Å². The Bertz CT molecular complexity index is 489. The van der Waals surface area contributed by atoms with E-state index in [9.17, 15) is 5.11 Å². The summed E-state index contributed by atoms with van der Waals surface area (Å²) in [5, 5.41) is 13.2. The normalized spacial score (nSPS) is 14.3. The Morgan fingerprint density at radius 2 is 2.05 bits per heavy atom. The number of hydrogen-bond donors (Lipinski definition) is 2. The molecule has 1 heterocycles. The van der Waals surface area contributed by atoms with E-state index in [1.807, 2.05) is 24.6 Å². The van der Waals surface area contributed by atoms with Crippen molar-refractivity contribution in [3.63, 3.8) is 0 Å². The Kier molecular flexibility index (Phi) is 4.35. The first-order valence-electron chi connectivity index (χ1n) is 6.61. The summed E-state index contributed by atoms with van der Waals surface area (Å²) in [6, 6.07) is 8.30. The lowest BCUT2D eigenvalue weighted by atomic mass is 10.0. The molecule has 0 amide bonds. The van der Waals surface area contributed by atoms with Gasteiger partial charge in [-0.1, -0.05) is 19.1 Å². The van der Waals surface area contributed by atoms with Crippen molar-refractivity contribution in [1.29, 1.82) is 0 Å². The minimum Gasteiger partial charge on any atom is -0.389 e. The Morgan fingerprint density at radius 3 is 2.63 bits per heavy atom. The van der Waals surface area contributed by atoms with Crippen molar-refractivity contribution in [2.24, 2.45) is 0 Å². The average molecular weight is 259 g/mol. The number of imidazole rings is 1. The third kappa shape index (κ3) is 3.91. The molecule has 1 unspecified atom stereocenters. The highest BCUT2D eigenvalue weighted by atomic mass is 16.3. The molecule has 19 heavy (non-hydrogen) atoms. The van der Waals surface area contributed by atoms with Gasteiger partial charge in [-0.05, 0) is 31.0 Å². The summed E-state index contributed by atoms with van der Waals surface area (Å²) in [6.45, 7) is 5.21. The third-order valence-electron chi connectivity index (χ3n) is 3.34. The molecule has 0 bridgehead atoms. The lowest BCUT2D eigenvalue weighted by molar-refractivity contribution is 0.0555. The van der Waals surface area contributed by atoms with E-state index in [1.54, 1.807) is 12.5 Å². The van der Waals surface area contributed by atoms with Crippen LogP contribution in [0.3, 0.4) is 0 Å². The van der Waals surface area contributed by atoms with Gasteiger partial charge in [0.25, 0.3) is 0 Å². The third-order valence-corrected chi connectivity index (χ3v) is 3.34. The Morgan fingerprint density at radius 1 is 1.32 bits per heavy atom. The predicted molar refractivity (Wildman–Crippen MR) is 76.2 cm³/mol. The van der Waals surface area contributed by atoms with Gasteiger partial charge in [0.15, 0.2) is 0 Å². The van der Waals surface area contributed by atoms with E-state index in [2.05, 4.69) is 34.6 Å². The van der Waals surface area contributed by atoms with Crippen LogP contribution in [0, 0.1) is 0 Å². The molecule has 4 nitrogen and oxygen atoms in total. The molecule has 0 saturated heterocycles. The van der Waals surface area contributed by atoms with Gasteiger partial charge in [0.05, 0.1) is 11.9 Å². The van der Waals surface area contributed by atoms with Crippen LogP contribution in [0.2, 0.25) is 0 Å². The Hall–Kier alpha value is -1.65. The lowest BCUT2D eigenvalue weighted by Gasteiger charge is -2.21. The number of benzene rings is 1. The first kappa shape index (κ1) is 13.8. The van der Waals surface area contributed by atoms with Gasteiger partial charge in [0.1, 0.15) is 0 Å². The smallest absolute Gasteiger partial charge is 0.0991 e. The van der Waals surface area contributed by atoms with Crippen molar-refractivity contribution in [1.82, 2.24) is 14.9 Å². The zero-order valence-corrected chi connectivity index (χ0v) is 11.5. The quantitative estimate of drug-likeness (QED) is 0.835. The lowest BCUT2D eigenvalue weighted by Crippen LogP contribution is -2.36. The molecule has 0 saturated carbocycles. The van der Waals surface area contributed by atoms with Crippen molar-refractivity contribution in [3.05, 3.63) is 48.5 Å². The van der Waals surface area contributed by atoms with Crippen molar-refractivity contribution >= 4 is 0 Å². The first-order valence-corrected chi connectivity index (χ1v) is 6.61. The molecule has 0 fully saturated rings. The van der Waals surface area contributed by atoms with E-state index in [4.69, 9.17) is 0 Å². The molecule has 0 aliphatic heterocycles. The van der Waals surface area contributed by atoms with Crippen molar-refractivity contribution in [2.75, 3.05) is 6.54 Å². The molecule has 0 aliphatic rings. The molecule has 4 heteroatoms. The highest BCUT2D eigenvalue weighted by Gasteiger charge is 2.16. The van der Waals surface area contributed by atoms with E-state index in [0.29, 0.717) is 6.54 Å². The fourth-order valence-electron chi connectivity index (χ4n) is 1.80. The largest absolute Gasteiger partial charge is 0.389 e. The van der Waals surface area contributed by atoms with Gasteiger partial charge >= 0.3 is 0 Å². The van der Waals surface area contributed by atoms with Gasteiger partial charge in [-0.15, -0.1) is 0 Å². The zero-order chi connectivity index (χ0) is 13.7. The number of nitrogens with one attached hydrogen (secondary N) is 1. The van der Waals surface area contributed by atoms with E-state index in [-0.39, 0.29) is 0 Å². The standard InChI is InChI=1S/C15H21N3O/c1-3-15(2,19)11-17-10-13-4-6-14(7-5-13)18-9-8-16-12-18/h4-9,12,17,19H,3,10-11H2,1-2H3. The molecule has 2 aromatic rings. The van der Waals surface area contributed by atoms with Crippen LogP contribution < -0.4 is 5.32 Å². The fraction of sp³-hybridized carbons (Fsp3) is 0.400. The molecular formula is C15H21N3O. The summed E-state index contributed by atoms with van der Waals surface area (Å²) in [6.07, 6.45) is 6.22. The Labute approximate surface area is 114 Å². The van der Waals surface area contributed by atoms with Gasteiger partial charge in [0.2, 0.25) is 0 Å². The topological polar surface area (TPSA) is 50.1 Å². The molecular weight excluding hydrogens is 238 g/mol. The molecule has 2 N–H and O–H groups in total. The van der Waals surface area contributed by atoms with Crippen LogP contribution in [0.5, 0.6) is 0 Å².